The summed E-state index contributed by atoms with van der Waals surface area (Å²) in [5, 5.41) is 12.7. The van der Waals surface area contributed by atoms with Gasteiger partial charge in [-0.1, -0.05) is 59.8 Å². The van der Waals surface area contributed by atoms with E-state index in [9.17, 15) is 4.79 Å². The van der Waals surface area contributed by atoms with Crippen molar-refractivity contribution in [2.45, 2.75) is 37.9 Å². The molecule has 0 saturated carbocycles. The lowest BCUT2D eigenvalue weighted by Crippen LogP contribution is -2.22. The quantitative estimate of drug-likeness (QED) is 0.260. The zero-order valence-electron chi connectivity index (χ0n) is 18.0. The lowest BCUT2D eigenvalue weighted by atomic mass is 10.1. The molecule has 0 saturated heterocycles. The number of thioether (sulfide) groups is 1. The van der Waals surface area contributed by atoms with Crippen LogP contribution in [0.15, 0.2) is 82.6 Å². The summed E-state index contributed by atoms with van der Waals surface area (Å²) in [5.74, 6) is 2.50. The van der Waals surface area contributed by atoms with Crippen LogP contribution in [0.1, 0.15) is 30.6 Å². The molecule has 0 bridgehead atoms. The van der Waals surface area contributed by atoms with Crippen LogP contribution >= 0.6 is 11.8 Å². The number of nitrogens with zero attached hydrogens (tertiary/aromatic N) is 3. The van der Waals surface area contributed by atoms with E-state index in [4.69, 9.17) is 4.42 Å². The van der Waals surface area contributed by atoms with Crippen molar-refractivity contribution >= 4 is 17.7 Å². The Bertz CT molecular complexity index is 1120. The van der Waals surface area contributed by atoms with E-state index in [0.717, 1.165) is 46.6 Å². The third-order valence-corrected chi connectivity index (χ3v) is 6.04. The Morgan fingerprint density at radius 1 is 1.00 bits per heavy atom. The molecule has 0 fully saturated rings. The number of rotatable bonds is 10. The maximum Gasteiger partial charge on any atom is 0.220 e. The second-order valence-electron chi connectivity index (χ2n) is 7.50. The number of furan rings is 1. The number of para-hydroxylation sites is 1. The lowest BCUT2D eigenvalue weighted by molar-refractivity contribution is -0.121. The van der Waals surface area contributed by atoms with Crippen LogP contribution in [-0.2, 0) is 11.3 Å². The van der Waals surface area contributed by atoms with Crippen molar-refractivity contribution in [1.29, 1.82) is 0 Å². The summed E-state index contributed by atoms with van der Waals surface area (Å²) in [6, 6.07) is 22.2. The Labute approximate surface area is 192 Å². The van der Waals surface area contributed by atoms with E-state index in [1.807, 2.05) is 30.3 Å². The fourth-order valence-electron chi connectivity index (χ4n) is 3.30. The van der Waals surface area contributed by atoms with Gasteiger partial charge in [-0.25, -0.2) is 0 Å². The van der Waals surface area contributed by atoms with Gasteiger partial charge in [0.05, 0.1) is 12.8 Å². The SMILES string of the molecule is Cc1ccc(-c2nnc(SCCCCC(=O)NCc3ccco3)n2-c2ccccc2)cc1. The first-order valence-electron chi connectivity index (χ1n) is 10.7. The molecule has 6 nitrogen and oxygen atoms in total. The second kappa shape index (κ2) is 10.8. The summed E-state index contributed by atoms with van der Waals surface area (Å²) in [6.07, 6.45) is 3.85. The summed E-state index contributed by atoms with van der Waals surface area (Å²) in [4.78, 5) is 12.0. The number of hydrogen-bond donors (Lipinski definition) is 1. The van der Waals surface area contributed by atoms with Crippen molar-refractivity contribution in [3.05, 3.63) is 84.3 Å². The summed E-state index contributed by atoms with van der Waals surface area (Å²) in [5.41, 5.74) is 3.28. The molecular formula is C25H26N4O2S. The highest BCUT2D eigenvalue weighted by Gasteiger charge is 2.16. The van der Waals surface area contributed by atoms with Crippen molar-refractivity contribution in [2.24, 2.45) is 0 Å². The molecule has 2 aromatic carbocycles. The van der Waals surface area contributed by atoms with Crippen molar-refractivity contribution in [3.63, 3.8) is 0 Å². The fraction of sp³-hybridized carbons (Fsp3) is 0.240. The molecule has 1 amide bonds. The zero-order valence-corrected chi connectivity index (χ0v) is 18.8. The van der Waals surface area contributed by atoms with Crippen molar-refractivity contribution in [1.82, 2.24) is 20.1 Å². The number of carbonyl (C=O) groups excluding carboxylic acids is 1. The first kappa shape index (κ1) is 21.9. The van der Waals surface area contributed by atoms with Crippen LogP contribution < -0.4 is 5.32 Å². The molecule has 7 heteroatoms. The maximum atomic E-state index is 12.0. The van der Waals surface area contributed by atoms with Crippen LogP contribution in [0.2, 0.25) is 0 Å². The molecule has 0 aliphatic carbocycles. The first-order chi connectivity index (χ1) is 15.7. The molecule has 0 spiro atoms. The van der Waals surface area contributed by atoms with Gasteiger partial charge >= 0.3 is 0 Å². The van der Waals surface area contributed by atoms with Crippen molar-refractivity contribution in [3.8, 4) is 17.1 Å². The normalized spacial score (nSPS) is 10.9. The van der Waals surface area contributed by atoms with Crippen molar-refractivity contribution in [2.75, 3.05) is 5.75 Å². The largest absolute Gasteiger partial charge is 0.467 e. The van der Waals surface area contributed by atoms with Gasteiger partial charge in [-0.05, 0) is 44.0 Å². The van der Waals surface area contributed by atoms with E-state index in [1.54, 1.807) is 18.0 Å². The molecule has 4 rings (SSSR count). The summed E-state index contributed by atoms with van der Waals surface area (Å²) in [6.45, 7) is 2.51. The van der Waals surface area contributed by atoms with E-state index < -0.39 is 0 Å². The van der Waals surface area contributed by atoms with Crippen LogP contribution in [0.4, 0.5) is 0 Å². The zero-order chi connectivity index (χ0) is 22.2. The number of unbranched alkanes of at least 4 members (excludes halogenated alkanes) is 1. The number of nitrogens with one attached hydrogen (secondary N) is 1. The minimum Gasteiger partial charge on any atom is -0.467 e. The molecule has 0 aliphatic rings. The molecule has 1 N–H and O–H groups in total. The third-order valence-electron chi connectivity index (χ3n) is 5.03. The Morgan fingerprint density at radius 2 is 1.81 bits per heavy atom. The van der Waals surface area contributed by atoms with E-state index >= 15 is 0 Å². The van der Waals surface area contributed by atoms with Gasteiger partial charge in [0.15, 0.2) is 11.0 Å². The standard InChI is InChI=1S/C25H26N4O2S/c1-19-12-14-20(15-13-19)24-27-28-25(29(24)21-8-3-2-4-9-21)32-17-6-5-11-23(30)26-18-22-10-7-16-31-22/h2-4,7-10,12-16H,5-6,11,17-18H2,1H3,(H,26,30). The van der Waals surface area contributed by atoms with E-state index in [-0.39, 0.29) is 5.91 Å². The number of carbonyl (C=O) groups is 1. The highest BCUT2D eigenvalue weighted by molar-refractivity contribution is 7.99. The van der Waals surface area contributed by atoms with E-state index in [0.29, 0.717) is 13.0 Å². The van der Waals surface area contributed by atoms with Crippen LogP contribution in [0.25, 0.3) is 17.1 Å². The summed E-state index contributed by atoms with van der Waals surface area (Å²) >= 11 is 1.67. The molecule has 0 atom stereocenters. The van der Waals surface area contributed by atoms with Crippen LogP contribution in [0.5, 0.6) is 0 Å². The Morgan fingerprint density at radius 3 is 2.56 bits per heavy atom. The van der Waals surface area contributed by atoms with E-state index in [2.05, 4.69) is 63.4 Å². The topological polar surface area (TPSA) is 73.0 Å². The lowest BCUT2D eigenvalue weighted by Gasteiger charge is -2.10. The van der Waals surface area contributed by atoms with Gasteiger partial charge in [0.1, 0.15) is 5.76 Å². The van der Waals surface area contributed by atoms with Gasteiger partial charge in [-0.3, -0.25) is 9.36 Å². The molecule has 0 aliphatic heterocycles. The summed E-state index contributed by atoms with van der Waals surface area (Å²) < 4.78 is 7.33. The number of benzene rings is 2. The molecule has 0 unspecified atom stereocenters. The summed E-state index contributed by atoms with van der Waals surface area (Å²) in [7, 11) is 0. The maximum absolute atomic E-state index is 12.0. The van der Waals surface area contributed by atoms with Gasteiger partial charge in [-0.15, -0.1) is 10.2 Å². The second-order valence-corrected chi connectivity index (χ2v) is 8.57. The highest BCUT2D eigenvalue weighted by atomic mass is 32.2. The molecule has 32 heavy (non-hydrogen) atoms. The molecule has 2 heterocycles. The Hall–Kier alpha value is -3.32. The number of aromatic nitrogens is 3. The Kier molecular flexibility index (Phi) is 7.40. The van der Waals surface area contributed by atoms with Gasteiger partial charge in [0, 0.05) is 23.4 Å². The van der Waals surface area contributed by atoms with Gasteiger partial charge < -0.3 is 9.73 Å². The minimum atomic E-state index is 0.0421. The van der Waals surface area contributed by atoms with Gasteiger partial charge in [-0.2, -0.15) is 0 Å². The van der Waals surface area contributed by atoms with Crippen LogP contribution in [0.3, 0.4) is 0 Å². The smallest absolute Gasteiger partial charge is 0.220 e. The third kappa shape index (κ3) is 5.68. The molecular weight excluding hydrogens is 420 g/mol. The van der Waals surface area contributed by atoms with E-state index in [1.165, 1.54) is 5.56 Å². The monoisotopic (exact) mass is 446 g/mol. The first-order valence-corrected chi connectivity index (χ1v) is 11.7. The van der Waals surface area contributed by atoms with Crippen LogP contribution in [-0.4, -0.2) is 26.4 Å². The average molecular weight is 447 g/mol. The number of aryl methyl sites for hydroxylation is 1. The van der Waals surface area contributed by atoms with Gasteiger partial charge in [0.25, 0.3) is 0 Å². The number of hydrogen-bond acceptors (Lipinski definition) is 5. The molecule has 4 aromatic rings. The molecule has 0 radical (unpaired) electrons. The molecule has 2 aromatic heterocycles. The average Bonchev–Trinajstić information content (AvgIpc) is 3.49. The highest BCUT2D eigenvalue weighted by Crippen LogP contribution is 2.28. The minimum absolute atomic E-state index is 0.0421. The molecule has 164 valence electrons. The predicted molar refractivity (Wildman–Crippen MR) is 127 cm³/mol. The fourth-order valence-corrected chi connectivity index (χ4v) is 4.25. The predicted octanol–water partition coefficient (Wildman–Crippen LogP) is 5.41. The Balaban J connectivity index is 1.35. The van der Waals surface area contributed by atoms with Gasteiger partial charge in [0.2, 0.25) is 5.91 Å². The number of amides is 1. The van der Waals surface area contributed by atoms with Crippen molar-refractivity contribution < 1.29 is 9.21 Å². The van der Waals surface area contributed by atoms with Crippen LogP contribution in [0, 0.1) is 6.92 Å².